The first-order valence-corrected chi connectivity index (χ1v) is 7.21. The quantitative estimate of drug-likeness (QED) is 0.733. The third-order valence-corrected chi connectivity index (χ3v) is 2.82. The molecule has 0 saturated carbocycles. The molecule has 8 heteroatoms. The molecule has 0 heterocycles. The molecule has 0 fully saturated rings. The van der Waals surface area contributed by atoms with E-state index in [9.17, 15) is 18.4 Å². The summed E-state index contributed by atoms with van der Waals surface area (Å²) < 4.78 is 34.3. The maximum atomic E-state index is 12.3. The Morgan fingerprint density at radius 2 is 2.00 bits per heavy atom. The number of carbonyl (C=O) groups excluding carboxylic acids is 2. The molecule has 1 rings (SSSR count). The Bertz CT molecular complexity index is 604. The Labute approximate surface area is 139 Å². The number of carbonyl (C=O) groups is 2. The number of rotatable bonds is 8. The van der Waals surface area contributed by atoms with Gasteiger partial charge in [0.05, 0.1) is 13.2 Å². The van der Waals surface area contributed by atoms with Crippen LogP contribution in [0.1, 0.15) is 12.5 Å². The Morgan fingerprint density at radius 1 is 1.29 bits per heavy atom. The number of hydrogen-bond acceptors (Lipinski definition) is 4. The Hall–Kier alpha value is -2.64. The number of amides is 2. The lowest BCUT2D eigenvalue weighted by Gasteiger charge is -2.11. The van der Waals surface area contributed by atoms with E-state index in [0.717, 1.165) is 0 Å². The van der Waals surface area contributed by atoms with Crippen LogP contribution < -0.4 is 14.8 Å². The van der Waals surface area contributed by atoms with Gasteiger partial charge in [0.2, 0.25) is 11.8 Å². The van der Waals surface area contributed by atoms with Crippen LogP contribution in [0.25, 0.3) is 6.08 Å². The third kappa shape index (κ3) is 6.64. The summed E-state index contributed by atoms with van der Waals surface area (Å²) in [6.45, 7) is -1.07. The van der Waals surface area contributed by atoms with Gasteiger partial charge < -0.3 is 19.7 Å². The number of nitrogens with zero attached hydrogens (tertiary/aromatic N) is 1. The molecule has 0 saturated heterocycles. The van der Waals surface area contributed by atoms with Gasteiger partial charge in [-0.3, -0.25) is 9.59 Å². The predicted octanol–water partition coefficient (Wildman–Crippen LogP) is 1.90. The van der Waals surface area contributed by atoms with Gasteiger partial charge in [-0.2, -0.15) is 8.78 Å². The second-order valence-electron chi connectivity index (χ2n) is 4.86. The van der Waals surface area contributed by atoms with Gasteiger partial charge in [-0.15, -0.1) is 0 Å². The molecule has 6 nitrogen and oxygen atoms in total. The van der Waals surface area contributed by atoms with Crippen molar-refractivity contribution in [2.75, 3.05) is 27.2 Å². The first-order chi connectivity index (χ1) is 11.3. The van der Waals surface area contributed by atoms with Gasteiger partial charge in [-0.1, -0.05) is 6.07 Å². The van der Waals surface area contributed by atoms with Gasteiger partial charge in [0.25, 0.3) is 0 Å². The van der Waals surface area contributed by atoms with Crippen molar-refractivity contribution >= 4 is 17.9 Å². The summed E-state index contributed by atoms with van der Waals surface area (Å²) in [6.07, 6.45) is 2.71. The van der Waals surface area contributed by atoms with Crippen molar-refractivity contribution in [2.45, 2.75) is 13.5 Å². The zero-order valence-corrected chi connectivity index (χ0v) is 13.7. The number of benzene rings is 1. The molecule has 0 radical (unpaired) electrons. The Balaban J connectivity index is 2.74. The van der Waals surface area contributed by atoms with Crippen LogP contribution >= 0.6 is 0 Å². The van der Waals surface area contributed by atoms with Crippen LogP contribution in [0.3, 0.4) is 0 Å². The number of nitrogens with one attached hydrogen (secondary N) is 1. The topological polar surface area (TPSA) is 67.9 Å². The van der Waals surface area contributed by atoms with E-state index < -0.39 is 12.5 Å². The molecule has 132 valence electrons. The van der Waals surface area contributed by atoms with Crippen LogP contribution in [0.15, 0.2) is 24.3 Å². The summed E-state index contributed by atoms with van der Waals surface area (Å²) >= 11 is 0. The van der Waals surface area contributed by atoms with Gasteiger partial charge in [0.1, 0.15) is 0 Å². The van der Waals surface area contributed by atoms with Crippen molar-refractivity contribution in [3.8, 4) is 11.5 Å². The van der Waals surface area contributed by atoms with Crippen LogP contribution in [0.2, 0.25) is 0 Å². The van der Waals surface area contributed by atoms with E-state index in [4.69, 9.17) is 4.74 Å². The number of halogens is 2. The van der Waals surface area contributed by atoms with E-state index >= 15 is 0 Å². The summed E-state index contributed by atoms with van der Waals surface area (Å²) in [5.74, 6) is -0.604. The molecule has 1 N–H and O–H groups in total. The predicted molar refractivity (Wildman–Crippen MR) is 85.0 cm³/mol. The van der Waals surface area contributed by atoms with Crippen LogP contribution in [0, 0.1) is 0 Å². The van der Waals surface area contributed by atoms with E-state index in [0.29, 0.717) is 5.56 Å². The van der Waals surface area contributed by atoms with Crippen molar-refractivity contribution in [1.82, 2.24) is 10.2 Å². The van der Waals surface area contributed by atoms with Crippen molar-refractivity contribution < 1.29 is 27.8 Å². The first-order valence-electron chi connectivity index (χ1n) is 7.21. The maximum Gasteiger partial charge on any atom is 0.387 e. The fourth-order valence-electron chi connectivity index (χ4n) is 1.64. The lowest BCUT2D eigenvalue weighted by molar-refractivity contribution is -0.129. The van der Waals surface area contributed by atoms with Crippen LogP contribution in [0.4, 0.5) is 8.78 Å². The zero-order chi connectivity index (χ0) is 18.1. The van der Waals surface area contributed by atoms with Gasteiger partial charge >= 0.3 is 6.61 Å². The highest BCUT2D eigenvalue weighted by Crippen LogP contribution is 2.30. The minimum absolute atomic E-state index is 0.0787. The minimum Gasteiger partial charge on any atom is -0.490 e. The second-order valence-corrected chi connectivity index (χ2v) is 4.86. The summed E-state index contributed by atoms with van der Waals surface area (Å²) in [7, 11) is 3.17. The summed E-state index contributed by atoms with van der Waals surface area (Å²) in [6, 6.07) is 4.33. The van der Waals surface area contributed by atoms with Crippen molar-refractivity contribution in [3.05, 3.63) is 29.8 Å². The number of ether oxygens (including phenoxy) is 2. The smallest absolute Gasteiger partial charge is 0.387 e. The Kier molecular flexibility index (Phi) is 7.67. The molecule has 0 bridgehead atoms. The third-order valence-electron chi connectivity index (χ3n) is 2.82. The highest BCUT2D eigenvalue weighted by Gasteiger charge is 2.11. The lowest BCUT2D eigenvalue weighted by Crippen LogP contribution is -2.35. The molecule has 0 aliphatic heterocycles. The molecule has 0 unspecified atom stereocenters. The fraction of sp³-hybridized carbons (Fsp3) is 0.375. The molecule has 0 aliphatic rings. The first kappa shape index (κ1) is 19.4. The average molecular weight is 342 g/mol. The van der Waals surface area contributed by atoms with Gasteiger partial charge in [-0.25, -0.2) is 0 Å². The fourth-order valence-corrected chi connectivity index (χ4v) is 1.64. The number of likely N-dealkylation sites (N-methyl/N-ethyl adjacent to an activating group) is 1. The Morgan fingerprint density at radius 3 is 2.58 bits per heavy atom. The van der Waals surface area contributed by atoms with Gasteiger partial charge in [0, 0.05) is 20.2 Å². The summed E-state index contributed by atoms with van der Waals surface area (Å²) in [4.78, 5) is 24.4. The molecule has 1 aromatic rings. The maximum absolute atomic E-state index is 12.3. The van der Waals surface area contributed by atoms with E-state index in [2.05, 4.69) is 10.1 Å². The van der Waals surface area contributed by atoms with Crippen molar-refractivity contribution in [1.29, 1.82) is 0 Å². The molecule has 1 aromatic carbocycles. The largest absolute Gasteiger partial charge is 0.490 e. The normalized spacial score (nSPS) is 10.8. The van der Waals surface area contributed by atoms with E-state index in [1.807, 2.05) is 0 Å². The number of hydrogen-bond donors (Lipinski definition) is 1. The SMILES string of the molecule is CCOc1cc(/C=C/C(=O)NCC(=O)N(C)C)ccc1OC(F)F. The van der Waals surface area contributed by atoms with E-state index in [1.54, 1.807) is 21.0 Å². The standard InChI is InChI=1S/C16H20F2N2O4/c1-4-23-13-9-11(5-7-12(13)24-16(17)18)6-8-14(21)19-10-15(22)20(2)3/h5-9,16H,4,10H2,1-3H3,(H,19,21)/b8-6+. The van der Waals surface area contributed by atoms with Gasteiger partial charge in [-0.05, 0) is 30.7 Å². The highest BCUT2D eigenvalue weighted by atomic mass is 19.3. The summed E-state index contributed by atoms with van der Waals surface area (Å²) in [5.41, 5.74) is 0.564. The van der Waals surface area contributed by atoms with Crippen molar-refractivity contribution in [2.24, 2.45) is 0 Å². The van der Waals surface area contributed by atoms with E-state index in [-0.39, 0.29) is 30.6 Å². The summed E-state index contributed by atoms with van der Waals surface area (Å²) in [5, 5.41) is 2.44. The molecule has 0 aromatic heterocycles. The second kappa shape index (κ2) is 9.49. The molecule has 24 heavy (non-hydrogen) atoms. The monoisotopic (exact) mass is 342 g/mol. The lowest BCUT2D eigenvalue weighted by atomic mass is 10.2. The van der Waals surface area contributed by atoms with E-state index in [1.165, 1.54) is 35.3 Å². The molecule has 0 spiro atoms. The number of alkyl halides is 2. The van der Waals surface area contributed by atoms with Crippen LogP contribution in [-0.4, -0.2) is 50.6 Å². The molecule has 0 atom stereocenters. The molecule has 2 amide bonds. The molecular formula is C16H20F2N2O4. The van der Waals surface area contributed by atoms with Gasteiger partial charge in [0.15, 0.2) is 11.5 Å². The van der Waals surface area contributed by atoms with Crippen molar-refractivity contribution in [3.63, 3.8) is 0 Å². The minimum atomic E-state index is -2.95. The molecule has 0 aliphatic carbocycles. The zero-order valence-electron chi connectivity index (χ0n) is 13.7. The average Bonchev–Trinajstić information content (AvgIpc) is 2.52. The highest BCUT2D eigenvalue weighted by molar-refractivity contribution is 5.94. The molecular weight excluding hydrogens is 322 g/mol. The van der Waals surface area contributed by atoms with Crippen LogP contribution in [-0.2, 0) is 9.59 Å². The van der Waals surface area contributed by atoms with Crippen LogP contribution in [0.5, 0.6) is 11.5 Å².